The van der Waals surface area contributed by atoms with Crippen LogP contribution in [0.5, 0.6) is 0 Å². The molecule has 1 spiro atoms. The molecule has 0 radical (unpaired) electrons. The van der Waals surface area contributed by atoms with Gasteiger partial charge in [0.25, 0.3) is 0 Å². The summed E-state index contributed by atoms with van der Waals surface area (Å²) < 4.78 is 0. The van der Waals surface area contributed by atoms with Gasteiger partial charge in [-0.25, -0.2) is 0 Å². The first kappa shape index (κ1) is 6.16. The first-order chi connectivity index (χ1) is 4.85. The van der Waals surface area contributed by atoms with E-state index in [0.717, 1.165) is 32.5 Å². The molecule has 0 aromatic carbocycles. The predicted molar refractivity (Wildman–Crippen MR) is 37.6 cm³/mol. The molecule has 2 fully saturated rings. The van der Waals surface area contributed by atoms with Crippen LogP contribution in [-0.4, -0.2) is 36.5 Å². The molecule has 0 bridgehead atoms. The second kappa shape index (κ2) is 1.95. The lowest BCUT2D eigenvalue weighted by atomic mass is 9.87. The van der Waals surface area contributed by atoms with Crippen LogP contribution in [0.25, 0.3) is 0 Å². The van der Waals surface area contributed by atoms with E-state index in [1.807, 2.05) is 4.90 Å². The maximum atomic E-state index is 10.3. The number of hydrogen-bond donors (Lipinski definition) is 1. The fraction of sp³-hybridized carbons (Fsp3) is 0.857. The average molecular weight is 140 g/mol. The number of nitrogens with one attached hydrogen (secondary N) is 1. The van der Waals surface area contributed by atoms with E-state index < -0.39 is 0 Å². The second-order valence-corrected chi connectivity index (χ2v) is 3.28. The zero-order valence-electron chi connectivity index (χ0n) is 5.97. The van der Waals surface area contributed by atoms with Crippen LogP contribution in [-0.2, 0) is 4.79 Å². The summed E-state index contributed by atoms with van der Waals surface area (Å²) in [6.45, 7) is 3.00. The van der Waals surface area contributed by atoms with Gasteiger partial charge in [-0.05, 0) is 19.4 Å². The predicted octanol–water partition coefficient (Wildman–Crippen LogP) is -0.419. The topological polar surface area (TPSA) is 32.3 Å². The molecule has 2 saturated heterocycles. The molecule has 10 heavy (non-hydrogen) atoms. The molecule has 1 N–H and O–H groups in total. The standard InChI is InChI=1S/C7H12N2O/c10-6-9-4-2-7(5-9)1-3-8-7/h6,8H,1-5H2. The van der Waals surface area contributed by atoms with Gasteiger partial charge < -0.3 is 10.2 Å². The molecule has 0 aromatic heterocycles. The molecule has 2 heterocycles. The van der Waals surface area contributed by atoms with E-state index in [-0.39, 0.29) is 0 Å². The molecule has 3 nitrogen and oxygen atoms in total. The van der Waals surface area contributed by atoms with E-state index in [1.165, 1.54) is 6.42 Å². The monoisotopic (exact) mass is 140 g/mol. The molecule has 3 heteroatoms. The van der Waals surface area contributed by atoms with Crippen LogP contribution in [0.3, 0.4) is 0 Å². The molecular formula is C7H12N2O. The van der Waals surface area contributed by atoms with Gasteiger partial charge in [0.2, 0.25) is 6.41 Å². The Hall–Kier alpha value is -0.570. The van der Waals surface area contributed by atoms with Crippen LogP contribution in [0, 0.1) is 0 Å². The molecular weight excluding hydrogens is 128 g/mol. The highest BCUT2D eigenvalue weighted by atomic mass is 16.1. The van der Waals surface area contributed by atoms with Gasteiger partial charge in [-0.1, -0.05) is 0 Å². The Balaban J connectivity index is 1.98. The van der Waals surface area contributed by atoms with Crippen LogP contribution >= 0.6 is 0 Å². The van der Waals surface area contributed by atoms with Crippen molar-refractivity contribution in [2.24, 2.45) is 0 Å². The normalized spacial score (nSPS) is 38.2. The van der Waals surface area contributed by atoms with Crippen molar-refractivity contribution < 1.29 is 4.79 Å². The summed E-state index contributed by atoms with van der Waals surface area (Å²) >= 11 is 0. The van der Waals surface area contributed by atoms with Gasteiger partial charge >= 0.3 is 0 Å². The van der Waals surface area contributed by atoms with E-state index in [0.29, 0.717) is 5.54 Å². The summed E-state index contributed by atoms with van der Waals surface area (Å²) in [5.41, 5.74) is 0.334. The molecule has 0 saturated carbocycles. The molecule has 2 aliphatic heterocycles. The highest BCUT2D eigenvalue weighted by Crippen LogP contribution is 2.28. The van der Waals surface area contributed by atoms with Crippen molar-refractivity contribution >= 4 is 6.41 Å². The lowest BCUT2D eigenvalue weighted by Gasteiger charge is -2.39. The van der Waals surface area contributed by atoms with Crippen molar-refractivity contribution in [1.82, 2.24) is 10.2 Å². The van der Waals surface area contributed by atoms with Crippen LogP contribution in [0.1, 0.15) is 12.8 Å². The van der Waals surface area contributed by atoms with E-state index in [4.69, 9.17) is 0 Å². The fourth-order valence-electron chi connectivity index (χ4n) is 1.82. The number of hydrogen-bond acceptors (Lipinski definition) is 2. The van der Waals surface area contributed by atoms with Crippen molar-refractivity contribution in [2.45, 2.75) is 18.4 Å². The highest BCUT2D eigenvalue weighted by molar-refractivity contribution is 5.48. The van der Waals surface area contributed by atoms with E-state index in [2.05, 4.69) is 5.32 Å². The minimum absolute atomic E-state index is 0.334. The number of rotatable bonds is 1. The minimum Gasteiger partial charge on any atom is -0.343 e. The molecule has 1 unspecified atom stereocenters. The lowest BCUT2D eigenvalue weighted by Crippen LogP contribution is -2.58. The van der Waals surface area contributed by atoms with Crippen molar-refractivity contribution in [1.29, 1.82) is 0 Å². The molecule has 1 amide bonds. The Morgan fingerprint density at radius 3 is 2.60 bits per heavy atom. The number of carbonyl (C=O) groups excluding carboxylic acids is 1. The van der Waals surface area contributed by atoms with Gasteiger partial charge in [0.05, 0.1) is 0 Å². The number of nitrogens with zero attached hydrogens (tertiary/aromatic N) is 1. The summed E-state index contributed by atoms with van der Waals surface area (Å²) in [6, 6.07) is 0. The smallest absolute Gasteiger partial charge is 0.209 e. The first-order valence-corrected chi connectivity index (χ1v) is 3.79. The summed E-state index contributed by atoms with van der Waals surface area (Å²) in [6.07, 6.45) is 3.35. The van der Waals surface area contributed by atoms with Crippen LogP contribution in [0.4, 0.5) is 0 Å². The average Bonchev–Trinajstić information content (AvgIpc) is 2.29. The first-order valence-electron chi connectivity index (χ1n) is 3.79. The Bertz CT molecular complexity index is 154. The minimum atomic E-state index is 0.334. The molecule has 0 aromatic rings. The Morgan fingerprint density at radius 2 is 2.30 bits per heavy atom. The fourth-order valence-corrected chi connectivity index (χ4v) is 1.82. The summed E-state index contributed by atoms with van der Waals surface area (Å²) in [7, 11) is 0. The Kier molecular flexibility index (Phi) is 1.20. The number of likely N-dealkylation sites (tertiary alicyclic amines) is 1. The van der Waals surface area contributed by atoms with Crippen molar-refractivity contribution in [3.8, 4) is 0 Å². The second-order valence-electron chi connectivity index (χ2n) is 3.28. The molecule has 1 atom stereocenters. The van der Waals surface area contributed by atoms with E-state index in [9.17, 15) is 4.79 Å². The quantitative estimate of drug-likeness (QED) is 0.502. The highest BCUT2D eigenvalue weighted by Gasteiger charge is 2.41. The maximum absolute atomic E-state index is 10.3. The van der Waals surface area contributed by atoms with Gasteiger partial charge in [-0.15, -0.1) is 0 Å². The van der Waals surface area contributed by atoms with Crippen molar-refractivity contribution in [3.63, 3.8) is 0 Å². The molecule has 56 valence electrons. The third kappa shape index (κ3) is 0.736. The zero-order chi connectivity index (χ0) is 7.03. The van der Waals surface area contributed by atoms with Crippen LogP contribution in [0.15, 0.2) is 0 Å². The number of amides is 1. The molecule has 2 rings (SSSR count). The lowest BCUT2D eigenvalue weighted by molar-refractivity contribution is -0.117. The van der Waals surface area contributed by atoms with Gasteiger partial charge in [0, 0.05) is 18.6 Å². The maximum Gasteiger partial charge on any atom is 0.209 e. The largest absolute Gasteiger partial charge is 0.343 e. The van der Waals surface area contributed by atoms with Crippen LogP contribution < -0.4 is 5.32 Å². The Morgan fingerprint density at radius 1 is 1.50 bits per heavy atom. The van der Waals surface area contributed by atoms with Gasteiger partial charge in [-0.2, -0.15) is 0 Å². The Labute approximate surface area is 60.4 Å². The summed E-state index contributed by atoms with van der Waals surface area (Å²) in [5.74, 6) is 0. The van der Waals surface area contributed by atoms with E-state index in [1.54, 1.807) is 0 Å². The number of carbonyl (C=O) groups is 1. The molecule has 2 aliphatic rings. The third-order valence-corrected chi connectivity index (χ3v) is 2.64. The van der Waals surface area contributed by atoms with Gasteiger partial charge in [0.15, 0.2) is 0 Å². The van der Waals surface area contributed by atoms with Crippen molar-refractivity contribution in [2.75, 3.05) is 19.6 Å². The zero-order valence-corrected chi connectivity index (χ0v) is 5.97. The van der Waals surface area contributed by atoms with E-state index >= 15 is 0 Å². The third-order valence-electron chi connectivity index (χ3n) is 2.64. The van der Waals surface area contributed by atoms with Gasteiger partial charge in [0.1, 0.15) is 0 Å². The summed E-state index contributed by atoms with van der Waals surface area (Å²) in [5, 5.41) is 3.38. The SMILES string of the molecule is O=CN1CCC2(CCN2)C1. The van der Waals surface area contributed by atoms with Crippen molar-refractivity contribution in [3.05, 3.63) is 0 Å². The summed E-state index contributed by atoms with van der Waals surface area (Å²) in [4.78, 5) is 12.2. The molecule has 0 aliphatic carbocycles. The van der Waals surface area contributed by atoms with Gasteiger partial charge in [-0.3, -0.25) is 4.79 Å². The van der Waals surface area contributed by atoms with Crippen LogP contribution in [0.2, 0.25) is 0 Å².